The average molecular weight is 276 g/mol. The molecule has 6 heteroatoms. The van der Waals surface area contributed by atoms with Crippen molar-refractivity contribution in [2.75, 3.05) is 0 Å². The fraction of sp³-hybridized carbons (Fsp3) is 0.0667. The van der Waals surface area contributed by atoms with E-state index in [1.807, 2.05) is 47.5 Å². The van der Waals surface area contributed by atoms with E-state index < -0.39 is 0 Å². The minimum absolute atomic E-state index is 0.655. The van der Waals surface area contributed by atoms with Crippen LogP contribution in [0, 0.1) is 0 Å². The fourth-order valence-electron chi connectivity index (χ4n) is 2.36. The molecule has 0 bridgehead atoms. The number of H-pyrrole nitrogens is 1. The Balaban J connectivity index is 1.70. The van der Waals surface area contributed by atoms with Gasteiger partial charge in [0.05, 0.1) is 12.7 Å². The molecule has 0 aliphatic rings. The van der Waals surface area contributed by atoms with Crippen LogP contribution in [-0.2, 0) is 6.54 Å². The highest BCUT2D eigenvalue weighted by atomic mass is 15.4. The lowest BCUT2D eigenvalue weighted by molar-refractivity contribution is 0.648. The van der Waals surface area contributed by atoms with Gasteiger partial charge in [0.2, 0.25) is 0 Å². The molecule has 0 saturated carbocycles. The van der Waals surface area contributed by atoms with Crippen LogP contribution in [0.2, 0.25) is 0 Å². The maximum atomic E-state index is 4.28. The van der Waals surface area contributed by atoms with Gasteiger partial charge in [-0.1, -0.05) is 11.3 Å². The molecule has 1 N–H and O–H groups in total. The SMILES string of the molecule is c1cncc(Cn2cc(-c3ccnc4[nH]ccc34)nn2)c1. The molecule has 0 saturated heterocycles. The molecule has 0 spiro atoms. The summed E-state index contributed by atoms with van der Waals surface area (Å²) in [5.74, 6) is 0. The van der Waals surface area contributed by atoms with Crippen molar-refractivity contribution in [2.45, 2.75) is 6.54 Å². The largest absolute Gasteiger partial charge is 0.346 e. The van der Waals surface area contributed by atoms with Crippen molar-refractivity contribution in [1.82, 2.24) is 29.9 Å². The van der Waals surface area contributed by atoms with Gasteiger partial charge in [-0.2, -0.15) is 0 Å². The standard InChI is InChI=1S/C15H12N6/c1-2-11(8-16-5-1)9-21-10-14(19-20-21)12-3-6-17-15-13(12)4-7-18-15/h1-8,10H,9H2,(H,17,18). The predicted molar refractivity (Wildman–Crippen MR) is 78.4 cm³/mol. The van der Waals surface area contributed by atoms with Crippen LogP contribution in [-0.4, -0.2) is 29.9 Å². The van der Waals surface area contributed by atoms with Crippen LogP contribution in [0.3, 0.4) is 0 Å². The van der Waals surface area contributed by atoms with Crippen LogP contribution in [0.4, 0.5) is 0 Å². The Morgan fingerprint density at radius 2 is 2.14 bits per heavy atom. The molecular weight excluding hydrogens is 264 g/mol. The Morgan fingerprint density at radius 1 is 1.14 bits per heavy atom. The summed E-state index contributed by atoms with van der Waals surface area (Å²) in [7, 11) is 0. The van der Waals surface area contributed by atoms with Gasteiger partial charge in [-0.15, -0.1) is 5.10 Å². The Labute approximate surface area is 120 Å². The Morgan fingerprint density at radius 3 is 3.05 bits per heavy atom. The van der Waals surface area contributed by atoms with Gasteiger partial charge in [0.1, 0.15) is 11.3 Å². The van der Waals surface area contributed by atoms with Crippen molar-refractivity contribution < 1.29 is 0 Å². The summed E-state index contributed by atoms with van der Waals surface area (Å²) in [4.78, 5) is 11.5. The van der Waals surface area contributed by atoms with Gasteiger partial charge in [0, 0.05) is 35.7 Å². The summed E-state index contributed by atoms with van der Waals surface area (Å²) < 4.78 is 1.81. The highest BCUT2D eigenvalue weighted by Crippen LogP contribution is 2.24. The van der Waals surface area contributed by atoms with Gasteiger partial charge in [0.25, 0.3) is 0 Å². The summed E-state index contributed by atoms with van der Waals surface area (Å²) >= 11 is 0. The molecule has 0 radical (unpaired) electrons. The third kappa shape index (κ3) is 2.16. The van der Waals surface area contributed by atoms with Crippen LogP contribution in [0.5, 0.6) is 0 Å². The molecular formula is C15H12N6. The molecule has 21 heavy (non-hydrogen) atoms. The van der Waals surface area contributed by atoms with E-state index in [-0.39, 0.29) is 0 Å². The van der Waals surface area contributed by atoms with Gasteiger partial charge in [-0.3, -0.25) is 4.98 Å². The normalized spacial score (nSPS) is 11.0. The Kier molecular flexibility index (Phi) is 2.71. The lowest BCUT2D eigenvalue weighted by Gasteiger charge is -1.99. The molecule has 0 fully saturated rings. The topological polar surface area (TPSA) is 72.3 Å². The van der Waals surface area contributed by atoms with E-state index >= 15 is 0 Å². The number of fused-ring (bicyclic) bond motifs is 1. The summed E-state index contributed by atoms with van der Waals surface area (Å²) in [5.41, 5.74) is 3.81. The number of aromatic amines is 1. The molecule has 4 rings (SSSR count). The van der Waals surface area contributed by atoms with Crippen LogP contribution in [0.25, 0.3) is 22.3 Å². The molecule has 4 aromatic rings. The van der Waals surface area contributed by atoms with Crippen molar-refractivity contribution in [2.24, 2.45) is 0 Å². The number of rotatable bonds is 3. The molecule has 102 valence electrons. The second-order valence-electron chi connectivity index (χ2n) is 4.76. The monoisotopic (exact) mass is 276 g/mol. The van der Waals surface area contributed by atoms with Crippen molar-refractivity contribution in [3.05, 3.63) is 60.8 Å². The smallest absolute Gasteiger partial charge is 0.137 e. The molecule has 0 aromatic carbocycles. The van der Waals surface area contributed by atoms with Crippen LogP contribution in [0.15, 0.2) is 55.2 Å². The second-order valence-corrected chi connectivity index (χ2v) is 4.76. The van der Waals surface area contributed by atoms with Gasteiger partial charge in [-0.05, 0) is 23.8 Å². The molecule has 4 heterocycles. The summed E-state index contributed by atoms with van der Waals surface area (Å²) in [6, 6.07) is 7.89. The quantitative estimate of drug-likeness (QED) is 0.623. The average Bonchev–Trinajstić information content (AvgIpc) is 3.16. The summed E-state index contributed by atoms with van der Waals surface area (Å²) in [6.07, 6.45) is 9.18. The van der Waals surface area contributed by atoms with Crippen LogP contribution >= 0.6 is 0 Å². The first kappa shape index (κ1) is 11.8. The number of aromatic nitrogens is 6. The van der Waals surface area contributed by atoms with Crippen molar-refractivity contribution in [1.29, 1.82) is 0 Å². The second kappa shape index (κ2) is 4.82. The van der Waals surface area contributed by atoms with Crippen molar-refractivity contribution >= 4 is 11.0 Å². The first-order valence-electron chi connectivity index (χ1n) is 6.62. The minimum Gasteiger partial charge on any atom is -0.346 e. The van der Waals surface area contributed by atoms with E-state index in [0.29, 0.717) is 6.54 Å². The van der Waals surface area contributed by atoms with E-state index in [1.165, 1.54) is 0 Å². The molecule has 0 atom stereocenters. The maximum absolute atomic E-state index is 4.28. The number of nitrogens with one attached hydrogen (secondary N) is 1. The van der Waals surface area contributed by atoms with E-state index in [0.717, 1.165) is 27.9 Å². The maximum Gasteiger partial charge on any atom is 0.137 e. The molecule has 0 aliphatic heterocycles. The van der Waals surface area contributed by atoms with E-state index in [2.05, 4.69) is 25.3 Å². The molecule has 0 unspecified atom stereocenters. The van der Waals surface area contributed by atoms with Gasteiger partial charge in [0.15, 0.2) is 0 Å². The fourth-order valence-corrected chi connectivity index (χ4v) is 2.36. The third-order valence-corrected chi connectivity index (χ3v) is 3.34. The molecule has 0 aliphatic carbocycles. The summed E-state index contributed by atoms with van der Waals surface area (Å²) in [5, 5.41) is 9.50. The van der Waals surface area contributed by atoms with Crippen molar-refractivity contribution in [3.63, 3.8) is 0 Å². The first-order valence-corrected chi connectivity index (χ1v) is 6.62. The number of pyridine rings is 2. The lowest BCUT2D eigenvalue weighted by Crippen LogP contribution is -2.00. The summed E-state index contributed by atoms with van der Waals surface area (Å²) in [6.45, 7) is 0.655. The Hall–Kier alpha value is -3.02. The molecule has 4 aromatic heterocycles. The zero-order chi connectivity index (χ0) is 14.1. The van der Waals surface area contributed by atoms with Gasteiger partial charge >= 0.3 is 0 Å². The highest BCUT2D eigenvalue weighted by molar-refractivity contribution is 5.91. The van der Waals surface area contributed by atoms with Gasteiger partial charge < -0.3 is 4.98 Å². The minimum atomic E-state index is 0.655. The first-order chi connectivity index (χ1) is 10.4. The van der Waals surface area contributed by atoms with Crippen LogP contribution in [0.1, 0.15) is 5.56 Å². The highest BCUT2D eigenvalue weighted by Gasteiger charge is 2.09. The zero-order valence-corrected chi connectivity index (χ0v) is 11.1. The van der Waals surface area contributed by atoms with Gasteiger partial charge in [-0.25, -0.2) is 9.67 Å². The zero-order valence-electron chi connectivity index (χ0n) is 11.1. The van der Waals surface area contributed by atoms with E-state index in [1.54, 1.807) is 12.4 Å². The van der Waals surface area contributed by atoms with E-state index in [4.69, 9.17) is 0 Å². The Bertz CT molecular complexity index is 877. The number of hydrogen-bond donors (Lipinski definition) is 1. The van der Waals surface area contributed by atoms with Crippen molar-refractivity contribution in [3.8, 4) is 11.3 Å². The molecule has 6 nitrogen and oxygen atoms in total. The number of nitrogens with zero attached hydrogens (tertiary/aromatic N) is 5. The lowest BCUT2D eigenvalue weighted by atomic mass is 10.1. The number of hydrogen-bond acceptors (Lipinski definition) is 4. The molecule has 0 amide bonds. The third-order valence-electron chi connectivity index (χ3n) is 3.34. The van der Waals surface area contributed by atoms with E-state index in [9.17, 15) is 0 Å². The van der Waals surface area contributed by atoms with Crippen LogP contribution < -0.4 is 0 Å². The predicted octanol–water partition coefficient (Wildman–Crippen LogP) is 2.26.